The predicted octanol–water partition coefficient (Wildman–Crippen LogP) is 5.68. The number of thiazole rings is 1. The topological polar surface area (TPSA) is 77.8 Å². The number of aromatic nitrogens is 1. The number of fused-ring (bicyclic) bond motifs is 1. The maximum Gasteiger partial charge on any atom is 0.319 e. The van der Waals surface area contributed by atoms with Gasteiger partial charge in [-0.15, -0.1) is 22.7 Å². The van der Waals surface area contributed by atoms with E-state index in [-0.39, 0.29) is 12.1 Å². The van der Waals surface area contributed by atoms with Crippen LogP contribution in [0.3, 0.4) is 0 Å². The van der Waals surface area contributed by atoms with E-state index < -0.39 is 0 Å². The second-order valence-electron chi connectivity index (χ2n) is 6.98. The fourth-order valence-electron chi connectivity index (χ4n) is 3.58. The Hall–Kier alpha value is -3.47. The summed E-state index contributed by atoms with van der Waals surface area (Å²) in [5.41, 5.74) is 4.22. The first-order valence-corrected chi connectivity index (χ1v) is 11.0. The molecule has 4 aromatic rings. The summed E-state index contributed by atoms with van der Waals surface area (Å²) in [7, 11) is 0. The van der Waals surface area contributed by atoms with Gasteiger partial charge >= 0.3 is 6.03 Å². The molecule has 146 valence electrons. The normalized spacial score (nSPS) is 16.3. The summed E-state index contributed by atoms with van der Waals surface area (Å²) in [5, 5.41) is 19.0. The Labute approximate surface area is 181 Å². The van der Waals surface area contributed by atoms with Gasteiger partial charge < -0.3 is 10.6 Å². The Morgan fingerprint density at radius 3 is 2.70 bits per heavy atom. The SMILES string of the molecule is CC1=C(c2nc(-c3ccc(C#N)cc3)cs2)C(c2cc3ccccc3s2)NC(=O)N1. The second kappa shape index (κ2) is 7.41. The third-order valence-electron chi connectivity index (χ3n) is 5.04. The Morgan fingerprint density at radius 1 is 1.13 bits per heavy atom. The number of benzene rings is 2. The summed E-state index contributed by atoms with van der Waals surface area (Å²) < 4.78 is 1.19. The first kappa shape index (κ1) is 18.6. The number of nitrogens with zero attached hydrogens (tertiary/aromatic N) is 2. The average Bonchev–Trinajstić information content (AvgIpc) is 3.40. The summed E-state index contributed by atoms with van der Waals surface area (Å²) >= 11 is 3.23. The summed E-state index contributed by atoms with van der Waals surface area (Å²) in [6.07, 6.45) is 0. The van der Waals surface area contributed by atoms with Crippen molar-refractivity contribution in [3.05, 3.63) is 81.1 Å². The molecule has 5 rings (SSSR count). The van der Waals surface area contributed by atoms with E-state index in [1.165, 1.54) is 10.1 Å². The van der Waals surface area contributed by atoms with Crippen LogP contribution in [0.2, 0.25) is 0 Å². The van der Waals surface area contributed by atoms with Crippen LogP contribution in [0.1, 0.15) is 28.4 Å². The van der Waals surface area contributed by atoms with E-state index in [1.54, 1.807) is 34.8 Å². The van der Waals surface area contributed by atoms with Crippen LogP contribution in [-0.2, 0) is 0 Å². The molecule has 1 aliphatic heterocycles. The Morgan fingerprint density at radius 2 is 1.93 bits per heavy atom. The van der Waals surface area contributed by atoms with Crippen molar-refractivity contribution in [3.63, 3.8) is 0 Å². The van der Waals surface area contributed by atoms with Crippen molar-refractivity contribution in [1.29, 1.82) is 5.26 Å². The molecule has 2 aromatic heterocycles. The van der Waals surface area contributed by atoms with Crippen LogP contribution < -0.4 is 10.6 Å². The number of thiophene rings is 1. The minimum Gasteiger partial charge on any atom is -0.326 e. The molecular formula is C23H16N4OS2. The third-order valence-corrected chi connectivity index (χ3v) is 7.10. The van der Waals surface area contributed by atoms with Gasteiger partial charge in [-0.25, -0.2) is 9.78 Å². The third kappa shape index (κ3) is 3.26. The number of amides is 2. The van der Waals surface area contributed by atoms with Crippen molar-refractivity contribution in [2.75, 3.05) is 0 Å². The van der Waals surface area contributed by atoms with Crippen LogP contribution in [-0.4, -0.2) is 11.0 Å². The molecule has 1 atom stereocenters. The molecule has 3 heterocycles. The molecule has 5 nitrogen and oxygen atoms in total. The lowest BCUT2D eigenvalue weighted by Gasteiger charge is -2.27. The molecule has 30 heavy (non-hydrogen) atoms. The molecule has 0 saturated carbocycles. The lowest BCUT2D eigenvalue weighted by atomic mass is 10.0. The molecule has 2 aromatic carbocycles. The second-order valence-corrected chi connectivity index (χ2v) is 8.96. The van der Waals surface area contributed by atoms with Crippen LogP contribution in [0.4, 0.5) is 4.79 Å². The molecule has 0 saturated heterocycles. The molecule has 1 unspecified atom stereocenters. The number of nitriles is 1. The molecular weight excluding hydrogens is 412 g/mol. The maximum absolute atomic E-state index is 12.2. The first-order valence-electron chi connectivity index (χ1n) is 9.35. The van der Waals surface area contributed by atoms with Crippen molar-refractivity contribution in [2.24, 2.45) is 0 Å². The predicted molar refractivity (Wildman–Crippen MR) is 121 cm³/mol. The standard InChI is InChI=1S/C23H16N4OS2/c1-13-20(22-26-17(12-29-22)15-8-6-14(11-24)7-9-15)21(27-23(28)25-13)19-10-16-4-2-3-5-18(16)30-19/h2-10,12,21H,1H3,(H2,25,27,28). The lowest BCUT2D eigenvalue weighted by Crippen LogP contribution is -2.42. The summed E-state index contributed by atoms with van der Waals surface area (Å²) in [5.74, 6) is 0. The van der Waals surface area contributed by atoms with Crippen molar-refractivity contribution in [3.8, 4) is 17.3 Å². The summed E-state index contributed by atoms with van der Waals surface area (Å²) in [6.45, 7) is 1.91. The number of urea groups is 1. The molecule has 0 fully saturated rings. The highest BCUT2D eigenvalue weighted by Crippen LogP contribution is 2.41. The van der Waals surface area contributed by atoms with Gasteiger partial charge in [0.1, 0.15) is 5.01 Å². The number of hydrogen-bond donors (Lipinski definition) is 2. The van der Waals surface area contributed by atoms with Gasteiger partial charge in [-0.1, -0.05) is 30.3 Å². The molecule has 2 amide bonds. The van der Waals surface area contributed by atoms with Gasteiger partial charge in [0, 0.05) is 31.8 Å². The van der Waals surface area contributed by atoms with Crippen molar-refractivity contribution >= 4 is 44.4 Å². The molecule has 1 aliphatic rings. The molecule has 0 radical (unpaired) electrons. The molecule has 0 aliphatic carbocycles. The molecule has 0 spiro atoms. The van der Waals surface area contributed by atoms with Gasteiger partial charge in [-0.2, -0.15) is 5.26 Å². The van der Waals surface area contributed by atoms with Gasteiger partial charge in [0.25, 0.3) is 0 Å². The number of hydrogen-bond acceptors (Lipinski definition) is 5. The van der Waals surface area contributed by atoms with E-state index in [1.807, 2.05) is 36.6 Å². The smallest absolute Gasteiger partial charge is 0.319 e. The van der Waals surface area contributed by atoms with Gasteiger partial charge in [-0.05, 0) is 36.6 Å². The fraction of sp³-hybridized carbons (Fsp3) is 0.0870. The fourth-order valence-corrected chi connectivity index (χ4v) is 5.67. The number of carbonyl (C=O) groups is 1. The highest BCUT2D eigenvalue weighted by Gasteiger charge is 2.30. The molecule has 0 bridgehead atoms. The Bertz CT molecular complexity index is 1310. The van der Waals surface area contributed by atoms with E-state index in [0.717, 1.165) is 32.4 Å². The van der Waals surface area contributed by atoms with Crippen LogP contribution >= 0.6 is 22.7 Å². The zero-order chi connectivity index (χ0) is 20.7. The van der Waals surface area contributed by atoms with Crippen LogP contribution in [0.25, 0.3) is 26.9 Å². The largest absolute Gasteiger partial charge is 0.326 e. The number of rotatable bonds is 3. The number of nitrogens with one attached hydrogen (secondary N) is 2. The average molecular weight is 429 g/mol. The van der Waals surface area contributed by atoms with Gasteiger partial charge in [0.15, 0.2) is 0 Å². The molecule has 2 N–H and O–H groups in total. The highest BCUT2D eigenvalue weighted by molar-refractivity contribution is 7.19. The number of allylic oxidation sites excluding steroid dienone is 1. The van der Waals surface area contributed by atoms with E-state index in [9.17, 15) is 4.79 Å². The Balaban J connectivity index is 1.56. The number of carbonyl (C=O) groups excluding carboxylic acids is 1. The highest BCUT2D eigenvalue weighted by atomic mass is 32.1. The van der Waals surface area contributed by atoms with E-state index in [2.05, 4.69) is 34.9 Å². The minimum atomic E-state index is -0.254. The van der Waals surface area contributed by atoms with Crippen LogP contribution in [0, 0.1) is 11.3 Å². The zero-order valence-corrected chi connectivity index (χ0v) is 17.6. The quantitative estimate of drug-likeness (QED) is 0.441. The monoisotopic (exact) mass is 428 g/mol. The Kier molecular flexibility index (Phi) is 4.58. The lowest BCUT2D eigenvalue weighted by molar-refractivity contribution is 0.240. The van der Waals surface area contributed by atoms with Crippen LogP contribution in [0.15, 0.2) is 65.7 Å². The van der Waals surface area contributed by atoms with Crippen molar-refractivity contribution in [1.82, 2.24) is 15.6 Å². The van der Waals surface area contributed by atoms with Gasteiger partial charge in [-0.3, -0.25) is 0 Å². The van der Waals surface area contributed by atoms with E-state index >= 15 is 0 Å². The van der Waals surface area contributed by atoms with Crippen LogP contribution in [0.5, 0.6) is 0 Å². The zero-order valence-electron chi connectivity index (χ0n) is 16.0. The summed E-state index contributed by atoms with van der Waals surface area (Å²) in [4.78, 5) is 18.2. The summed E-state index contributed by atoms with van der Waals surface area (Å²) in [6, 6.07) is 19.4. The van der Waals surface area contributed by atoms with E-state index in [4.69, 9.17) is 10.2 Å². The minimum absolute atomic E-state index is 0.206. The molecule has 7 heteroatoms. The maximum atomic E-state index is 12.2. The first-order chi connectivity index (χ1) is 14.6. The van der Waals surface area contributed by atoms with Crippen molar-refractivity contribution in [2.45, 2.75) is 13.0 Å². The van der Waals surface area contributed by atoms with E-state index in [0.29, 0.717) is 5.56 Å². The van der Waals surface area contributed by atoms with Gasteiger partial charge in [0.05, 0.1) is 23.4 Å². The van der Waals surface area contributed by atoms with Gasteiger partial charge in [0.2, 0.25) is 0 Å². The van der Waals surface area contributed by atoms with Crippen molar-refractivity contribution < 1.29 is 4.79 Å².